The van der Waals surface area contributed by atoms with Crippen LogP contribution in [0.3, 0.4) is 0 Å². The Labute approximate surface area is 152 Å². The average molecular weight is 390 g/mol. The first-order valence-electron chi connectivity index (χ1n) is 7.99. The van der Waals surface area contributed by atoms with Gasteiger partial charge in [-0.25, -0.2) is 4.79 Å². The molecule has 2 rings (SSSR count). The molecule has 0 saturated carbocycles. The molecule has 0 N–H and O–H groups in total. The second kappa shape index (κ2) is 7.95. The van der Waals surface area contributed by atoms with Gasteiger partial charge in [0.1, 0.15) is 11.6 Å². The Morgan fingerprint density at radius 1 is 1.08 bits per heavy atom. The van der Waals surface area contributed by atoms with E-state index in [1.807, 2.05) is 81.2 Å². The smallest absolute Gasteiger partial charge is 0.328 e. The summed E-state index contributed by atoms with van der Waals surface area (Å²) in [6.45, 7) is 6.31. The molecule has 1 atom stereocenters. The van der Waals surface area contributed by atoms with Gasteiger partial charge in [-0.15, -0.1) is 0 Å². The van der Waals surface area contributed by atoms with E-state index < -0.39 is 11.6 Å². The van der Waals surface area contributed by atoms with Crippen molar-refractivity contribution in [1.29, 1.82) is 0 Å². The van der Waals surface area contributed by atoms with Crippen molar-refractivity contribution < 1.29 is 9.53 Å². The van der Waals surface area contributed by atoms with Crippen LogP contribution in [0.4, 0.5) is 0 Å². The minimum absolute atomic E-state index is 0.233. The molecule has 3 nitrogen and oxygen atoms in total. The lowest BCUT2D eigenvalue weighted by molar-refractivity contribution is -0.161. The van der Waals surface area contributed by atoms with E-state index in [1.165, 1.54) is 0 Å². The molecule has 0 amide bonds. The summed E-state index contributed by atoms with van der Waals surface area (Å²) in [5, 5.41) is 0. The molecule has 0 spiro atoms. The van der Waals surface area contributed by atoms with E-state index in [9.17, 15) is 4.79 Å². The van der Waals surface area contributed by atoms with Gasteiger partial charge in [0.25, 0.3) is 0 Å². The second-order valence-corrected chi connectivity index (χ2v) is 7.71. The van der Waals surface area contributed by atoms with E-state index in [-0.39, 0.29) is 5.97 Å². The van der Waals surface area contributed by atoms with Gasteiger partial charge in [-0.3, -0.25) is 4.90 Å². The SMILES string of the molecule is CN(Cc1ccccc1Br)C(C(=O)OC(C)(C)C)c1ccccc1. The first-order valence-corrected chi connectivity index (χ1v) is 8.78. The number of likely N-dealkylation sites (N-methyl/N-ethyl adjacent to an activating group) is 1. The van der Waals surface area contributed by atoms with Gasteiger partial charge in [-0.2, -0.15) is 0 Å². The van der Waals surface area contributed by atoms with Crippen LogP contribution in [-0.2, 0) is 16.1 Å². The van der Waals surface area contributed by atoms with Crippen molar-refractivity contribution in [3.05, 3.63) is 70.2 Å². The normalized spacial score (nSPS) is 12.9. The number of benzene rings is 2. The predicted octanol–water partition coefficient (Wildman–Crippen LogP) is 4.96. The van der Waals surface area contributed by atoms with Gasteiger partial charge in [0.2, 0.25) is 0 Å². The molecule has 0 heterocycles. The van der Waals surface area contributed by atoms with Crippen LogP contribution in [0.1, 0.15) is 37.9 Å². The van der Waals surface area contributed by atoms with Gasteiger partial charge in [0.15, 0.2) is 0 Å². The zero-order valence-electron chi connectivity index (χ0n) is 14.6. The molecule has 0 bridgehead atoms. The van der Waals surface area contributed by atoms with E-state index in [2.05, 4.69) is 22.0 Å². The second-order valence-electron chi connectivity index (χ2n) is 6.85. The summed E-state index contributed by atoms with van der Waals surface area (Å²) in [4.78, 5) is 14.8. The number of nitrogens with zero attached hydrogens (tertiary/aromatic N) is 1. The van der Waals surface area contributed by atoms with Crippen LogP contribution >= 0.6 is 15.9 Å². The molecule has 0 radical (unpaired) electrons. The highest BCUT2D eigenvalue weighted by atomic mass is 79.9. The molecule has 24 heavy (non-hydrogen) atoms. The topological polar surface area (TPSA) is 29.5 Å². The number of carbonyl (C=O) groups excluding carboxylic acids is 1. The minimum atomic E-state index is -0.516. The molecular formula is C20H24BrNO2. The monoisotopic (exact) mass is 389 g/mol. The van der Waals surface area contributed by atoms with E-state index in [0.717, 1.165) is 15.6 Å². The first-order chi connectivity index (χ1) is 11.3. The van der Waals surface area contributed by atoms with E-state index >= 15 is 0 Å². The fourth-order valence-electron chi connectivity index (χ4n) is 2.55. The fourth-order valence-corrected chi connectivity index (χ4v) is 2.96. The molecule has 2 aromatic rings. The molecule has 128 valence electrons. The third-order valence-electron chi connectivity index (χ3n) is 3.56. The number of esters is 1. The lowest BCUT2D eigenvalue weighted by Crippen LogP contribution is -2.36. The molecule has 2 aromatic carbocycles. The lowest BCUT2D eigenvalue weighted by atomic mass is 10.0. The fraction of sp³-hybridized carbons (Fsp3) is 0.350. The minimum Gasteiger partial charge on any atom is -0.459 e. The Balaban J connectivity index is 2.28. The van der Waals surface area contributed by atoms with Crippen molar-refractivity contribution in [2.75, 3.05) is 7.05 Å². The van der Waals surface area contributed by atoms with Crippen molar-refractivity contribution in [3.8, 4) is 0 Å². The van der Waals surface area contributed by atoms with Gasteiger partial charge in [-0.05, 0) is 45.0 Å². The van der Waals surface area contributed by atoms with Crippen LogP contribution in [-0.4, -0.2) is 23.5 Å². The van der Waals surface area contributed by atoms with Gasteiger partial charge in [0, 0.05) is 11.0 Å². The van der Waals surface area contributed by atoms with Gasteiger partial charge in [0.05, 0.1) is 0 Å². The van der Waals surface area contributed by atoms with Gasteiger partial charge < -0.3 is 4.74 Å². The predicted molar refractivity (Wildman–Crippen MR) is 101 cm³/mol. The lowest BCUT2D eigenvalue weighted by Gasteiger charge is -2.30. The first kappa shape index (κ1) is 18.7. The van der Waals surface area contributed by atoms with Crippen LogP contribution in [0.2, 0.25) is 0 Å². The van der Waals surface area contributed by atoms with Crippen LogP contribution < -0.4 is 0 Å². The number of hydrogen-bond donors (Lipinski definition) is 0. The molecule has 0 fully saturated rings. The Kier molecular flexibility index (Phi) is 6.19. The molecule has 1 unspecified atom stereocenters. The Hall–Kier alpha value is -1.65. The molecule has 0 aliphatic rings. The summed E-state index contributed by atoms with van der Waals surface area (Å²) in [5.41, 5.74) is 1.55. The van der Waals surface area contributed by atoms with Crippen LogP contribution in [0, 0.1) is 0 Å². The standard InChI is InChI=1S/C20H24BrNO2/c1-20(2,3)24-19(23)18(15-10-6-5-7-11-15)22(4)14-16-12-8-9-13-17(16)21/h5-13,18H,14H2,1-4H3. The Morgan fingerprint density at radius 2 is 1.67 bits per heavy atom. The number of ether oxygens (including phenoxy) is 1. The van der Waals surface area contributed by atoms with Crippen LogP contribution in [0.15, 0.2) is 59.1 Å². The summed E-state index contributed by atoms with van der Waals surface area (Å²) in [6.07, 6.45) is 0. The number of carbonyl (C=O) groups is 1. The number of hydrogen-bond acceptors (Lipinski definition) is 3. The molecular weight excluding hydrogens is 366 g/mol. The van der Waals surface area contributed by atoms with Gasteiger partial charge in [-0.1, -0.05) is 64.5 Å². The van der Waals surface area contributed by atoms with Crippen molar-refractivity contribution in [2.45, 2.75) is 39.0 Å². The molecule has 0 aliphatic carbocycles. The molecule has 4 heteroatoms. The van der Waals surface area contributed by atoms with Crippen LogP contribution in [0.5, 0.6) is 0 Å². The summed E-state index contributed by atoms with van der Waals surface area (Å²) in [7, 11) is 1.95. The van der Waals surface area contributed by atoms with Crippen LogP contribution in [0.25, 0.3) is 0 Å². The number of rotatable bonds is 5. The molecule has 0 aliphatic heterocycles. The van der Waals surface area contributed by atoms with Crippen molar-refractivity contribution >= 4 is 21.9 Å². The zero-order chi connectivity index (χ0) is 17.7. The maximum Gasteiger partial charge on any atom is 0.328 e. The van der Waals surface area contributed by atoms with Gasteiger partial charge >= 0.3 is 5.97 Å². The molecule has 0 saturated heterocycles. The summed E-state index contributed by atoms with van der Waals surface area (Å²) < 4.78 is 6.69. The van der Waals surface area contributed by atoms with Crippen molar-refractivity contribution in [2.24, 2.45) is 0 Å². The maximum absolute atomic E-state index is 12.8. The molecule has 0 aromatic heterocycles. The Bertz CT molecular complexity index is 680. The zero-order valence-corrected chi connectivity index (χ0v) is 16.2. The highest BCUT2D eigenvalue weighted by molar-refractivity contribution is 9.10. The quantitative estimate of drug-likeness (QED) is 0.676. The maximum atomic E-state index is 12.8. The van der Waals surface area contributed by atoms with E-state index in [4.69, 9.17) is 4.74 Å². The third kappa shape index (κ3) is 5.18. The number of halogens is 1. The van der Waals surface area contributed by atoms with E-state index in [0.29, 0.717) is 6.54 Å². The van der Waals surface area contributed by atoms with E-state index in [1.54, 1.807) is 0 Å². The largest absolute Gasteiger partial charge is 0.459 e. The summed E-state index contributed by atoms with van der Waals surface area (Å²) >= 11 is 3.57. The van der Waals surface area contributed by atoms with Crippen molar-refractivity contribution in [3.63, 3.8) is 0 Å². The highest BCUT2D eigenvalue weighted by Gasteiger charge is 2.30. The third-order valence-corrected chi connectivity index (χ3v) is 4.34. The average Bonchev–Trinajstić information content (AvgIpc) is 2.49. The summed E-state index contributed by atoms with van der Waals surface area (Å²) in [6, 6.07) is 17.4. The van der Waals surface area contributed by atoms with Crippen molar-refractivity contribution in [1.82, 2.24) is 4.90 Å². The summed E-state index contributed by atoms with van der Waals surface area (Å²) in [5.74, 6) is -0.233. The highest BCUT2D eigenvalue weighted by Crippen LogP contribution is 2.27. The Morgan fingerprint density at radius 3 is 2.25 bits per heavy atom.